The molecule has 0 aromatic heterocycles. The van der Waals surface area contributed by atoms with E-state index >= 15 is 0 Å². The second-order valence-corrected chi connectivity index (χ2v) is 8.35. The molecular weight excluding hydrogens is 336 g/mol. The van der Waals surface area contributed by atoms with Gasteiger partial charge in [-0.2, -0.15) is 11.8 Å². The molecule has 0 aliphatic carbocycles. The van der Waals surface area contributed by atoms with E-state index in [2.05, 4.69) is 29.6 Å². The molecule has 3 heterocycles. The average Bonchev–Trinajstić information content (AvgIpc) is 3.24. The van der Waals surface area contributed by atoms with Gasteiger partial charge in [0.15, 0.2) is 0 Å². The minimum Gasteiger partial charge on any atom is -0.447 e. The Morgan fingerprint density at radius 3 is 2.52 bits per heavy atom. The Bertz CT molecular complexity index is 637. The third-order valence-electron chi connectivity index (χ3n) is 5.49. The number of likely N-dealkylation sites (tertiary alicyclic amines) is 1. The summed E-state index contributed by atoms with van der Waals surface area (Å²) in [6.07, 6.45) is 2.04. The molecule has 3 aliphatic heterocycles. The maximum atomic E-state index is 12.2. The van der Waals surface area contributed by atoms with Crippen LogP contribution in [0.25, 0.3) is 0 Å². The number of nitrogens with one attached hydrogen (secondary N) is 1. The van der Waals surface area contributed by atoms with Crippen LogP contribution in [0.2, 0.25) is 0 Å². The number of cyclic esters (lactones) is 1. The molecule has 1 N–H and O–H groups in total. The molecule has 5 nitrogen and oxygen atoms in total. The second-order valence-electron chi connectivity index (χ2n) is 7.20. The lowest BCUT2D eigenvalue weighted by atomic mass is 9.88. The van der Waals surface area contributed by atoms with Gasteiger partial charge in [0.25, 0.3) is 0 Å². The van der Waals surface area contributed by atoms with E-state index < -0.39 is 0 Å². The molecule has 4 rings (SSSR count). The van der Waals surface area contributed by atoms with Gasteiger partial charge in [0.05, 0.1) is 6.04 Å². The first-order valence-electron chi connectivity index (χ1n) is 9.07. The summed E-state index contributed by atoms with van der Waals surface area (Å²) in [4.78, 5) is 25.1. The first-order valence-corrected chi connectivity index (χ1v) is 10.2. The maximum absolute atomic E-state index is 12.2. The Morgan fingerprint density at radius 2 is 1.92 bits per heavy atom. The van der Waals surface area contributed by atoms with E-state index in [9.17, 15) is 9.59 Å². The molecule has 3 fully saturated rings. The minimum absolute atomic E-state index is 0.0187. The highest BCUT2D eigenvalue weighted by atomic mass is 32.2. The standard InChI is InChI=1S/C19H24N2O3S/c22-18(6-5-17-11-24-19(23)20-17)21-9-16(10-21)14-3-1-13(2-4-14)15-7-8-25-12-15/h1-4,15-17H,5-12H2,(H,20,23). The molecule has 0 saturated carbocycles. The van der Waals surface area contributed by atoms with E-state index in [-0.39, 0.29) is 18.0 Å². The highest BCUT2D eigenvalue weighted by Gasteiger charge is 2.32. The summed E-state index contributed by atoms with van der Waals surface area (Å²) < 4.78 is 4.84. The molecule has 1 aromatic rings. The van der Waals surface area contributed by atoms with Crippen molar-refractivity contribution in [3.8, 4) is 0 Å². The second kappa shape index (κ2) is 7.28. The van der Waals surface area contributed by atoms with Crippen LogP contribution in [0.1, 0.15) is 42.2 Å². The van der Waals surface area contributed by atoms with Crippen molar-refractivity contribution >= 4 is 23.8 Å². The van der Waals surface area contributed by atoms with E-state index in [0.717, 1.165) is 19.0 Å². The molecular formula is C19H24N2O3S. The molecule has 134 valence electrons. The van der Waals surface area contributed by atoms with Gasteiger partial charge < -0.3 is 15.0 Å². The molecule has 0 spiro atoms. The molecule has 2 unspecified atom stereocenters. The number of rotatable bonds is 5. The highest BCUT2D eigenvalue weighted by molar-refractivity contribution is 7.99. The van der Waals surface area contributed by atoms with Gasteiger partial charge in [0, 0.05) is 31.2 Å². The number of nitrogens with zero attached hydrogens (tertiary/aromatic N) is 1. The summed E-state index contributed by atoms with van der Waals surface area (Å²) in [7, 11) is 0. The number of amides is 2. The van der Waals surface area contributed by atoms with E-state index in [0.29, 0.717) is 25.4 Å². The Labute approximate surface area is 152 Å². The van der Waals surface area contributed by atoms with Gasteiger partial charge in [-0.15, -0.1) is 0 Å². The first-order chi connectivity index (χ1) is 12.2. The SMILES string of the molecule is O=C1NC(CCC(=O)N2CC(c3ccc(C4CCSC4)cc3)C2)CO1. The quantitative estimate of drug-likeness (QED) is 0.877. The Morgan fingerprint density at radius 1 is 1.20 bits per heavy atom. The summed E-state index contributed by atoms with van der Waals surface area (Å²) in [6.45, 7) is 2.00. The molecule has 0 bridgehead atoms. The van der Waals surface area contributed by atoms with Crippen LogP contribution < -0.4 is 5.32 Å². The van der Waals surface area contributed by atoms with Crippen molar-refractivity contribution < 1.29 is 14.3 Å². The van der Waals surface area contributed by atoms with Crippen LogP contribution in [0.3, 0.4) is 0 Å². The van der Waals surface area contributed by atoms with Crippen molar-refractivity contribution in [3.05, 3.63) is 35.4 Å². The molecule has 2 atom stereocenters. The fourth-order valence-electron chi connectivity index (χ4n) is 3.77. The van der Waals surface area contributed by atoms with Gasteiger partial charge >= 0.3 is 6.09 Å². The van der Waals surface area contributed by atoms with Gasteiger partial charge in [-0.1, -0.05) is 24.3 Å². The zero-order chi connectivity index (χ0) is 17.2. The van der Waals surface area contributed by atoms with Gasteiger partial charge in [0.1, 0.15) is 6.61 Å². The first kappa shape index (κ1) is 16.8. The van der Waals surface area contributed by atoms with Gasteiger partial charge in [-0.05, 0) is 35.6 Å². The monoisotopic (exact) mass is 360 g/mol. The van der Waals surface area contributed by atoms with Crippen LogP contribution in [-0.2, 0) is 9.53 Å². The van der Waals surface area contributed by atoms with Gasteiger partial charge in [-0.3, -0.25) is 4.79 Å². The van der Waals surface area contributed by atoms with E-state index in [1.54, 1.807) is 0 Å². The molecule has 1 aromatic carbocycles. The number of hydrogen-bond acceptors (Lipinski definition) is 4. The Balaban J connectivity index is 1.22. The number of ether oxygens (including phenoxy) is 1. The largest absolute Gasteiger partial charge is 0.447 e. The van der Waals surface area contributed by atoms with E-state index in [1.165, 1.54) is 29.1 Å². The third kappa shape index (κ3) is 3.78. The number of alkyl carbamates (subject to hydrolysis) is 1. The lowest BCUT2D eigenvalue weighted by Crippen LogP contribution is -2.48. The number of thioether (sulfide) groups is 1. The number of benzene rings is 1. The van der Waals surface area contributed by atoms with Crippen molar-refractivity contribution in [1.29, 1.82) is 0 Å². The lowest BCUT2D eigenvalue weighted by molar-refractivity contribution is -0.135. The number of carbonyl (C=O) groups excluding carboxylic acids is 2. The summed E-state index contributed by atoms with van der Waals surface area (Å²) in [6, 6.07) is 9.03. The minimum atomic E-state index is -0.374. The molecule has 2 amide bonds. The molecule has 3 aliphatic rings. The summed E-state index contributed by atoms with van der Waals surface area (Å²) in [5.74, 6) is 3.89. The topological polar surface area (TPSA) is 58.6 Å². The van der Waals surface area contributed by atoms with Gasteiger partial charge in [-0.25, -0.2) is 4.79 Å². The Hall–Kier alpha value is -1.69. The van der Waals surface area contributed by atoms with E-state index in [1.807, 2.05) is 16.7 Å². The van der Waals surface area contributed by atoms with Crippen LogP contribution in [-0.4, -0.2) is 54.1 Å². The predicted molar refractivity (Wildman–Crippen MR) is 98.0 cm³/mol. The lowest BCUT2D eigenvalue weighted by Gasteiger charge is -2.40. The van der Waals surface area contributed by atoms with Crippen molar-refractivity contribution in [2.75, 3.05) is 31.2 Å². The van der Waals surface area contributed by atoms with Crippen LogP contribution >= 0.6 is 11.8 Å². The van der Waals surface area contributed by atoms with Crippen LogP contribution in [0.15, 0.2) is 24.3 Å². The van der Waals surface area contributed by atoms with Crippen LogP contribution in [0.5, 0.6) is 0 Å². The Kier molecular flexibility index (Phi) is 4.88. The number of hydrogen-bond donors (Lipinski definition) is 1. The molecule has 3 saturated heterocycles. The summed E-state index contributed by atoms with van der Waals surface area (Å²) >= 11 is 2.05. The highest BCUT2D eigenvalue weighted by Crippen LogP contribution is 2.34. The normalized spacial score (nSPS) is 26.2. The molecule has 25 heavy (non-hydrogen) atoms. The van der Waals surface area contributed by atoms with Crippen molar-refractivity contribution in [2.45, 2.75) is 37.1 Å². The summed E-state index contributed by atoms with van der Waals surface area (Å²) in [5, 5.41) is 2.71. The zero-order valence-corrected chi connectivity index (χ0v) is 15.1. The molecule has 0 radical (unpaired) electrons. The predicted octanol–water partition coefficient (Wildman–Crippen LogP) is 2.72. The fourth-order valence-corrected chi connectivity index (χ4v) is 5.03. The van der Waals surface area contributed by atoms with Crippen molar-refractivity contribution in [3.63, 3.8) is 0 Å². The van der Waals surface area contributed by atoms with Crippen LogP contribution in [0, 0.1) is 0 Å². The van der Waals surface area contributed by atoms with Gasteiger partial charge in [0.2, 0.25) is 5.91 Å². The maximum Gasteiger partial charge on any atom is 0.407 e. The molecule has 6 heteroatoms. The van der Waals surface area contributed by atoms with Crippen LogP contribution in [0.4, 0.5) is 4.79 Å². The zero-order valence-electron chi connectivity index (χ0n) is 14.3. The smallest absolute Gasteiger partial charge is 0.407 e. The van der Waals surface area contributed by atoms with Crippen molar-refractivity contribution in [1.82, 2.24) is 10.2 Å². The van der Waals surface area contributed by atoms with E-state index in [4.69, 9.17) is 4.74 Å². The third-order valence-corrected chi connectivity index (χ3v) is 6.65. The average molecular weight is 360 g/mol. The fraction of sp³-hybridized carbons (Fsp3) is 0.579. The summed E-state index contributed by atoms with van der Waals surface area (Å²) in [5.41, 5.74) is 2.80. The van der Waals surface area contributed by atoms with Crippen molar-refractivity contribution in [2.24, 2.45) is 0 Å². The number of carbonyl (C=O) groups is 2.